The summed E-state index contributed by atoms with van der Waals surface area (Å²) in [6, 6.07) is 6.38. The van der Waals surface area contributed by atoms with Crippen LogP contribution in [0, 0.1) is 5.82 Å². The highest BCUT2D eigenvalue weighted by Crippen LogP contribution is 2.24. The van der Waals surface area contributed by atoms with Gasteiger partial charge in [-0.1, -0.05) is 12.1 Å². The zero-order chi connectivity index (χ0) is 20.2. The predicted molar refractivity (Wildman–Crippen MR) is 108 cm³/mol. The fraction of sp³-hybridized carbons (Fsp3) is 0.350. The first-order chi connectivity index (χ1) is 14.1. The van der Waals surface area contributed by atoms with Gasteiger partial charge in [-0.15, -0.1) is 11.3 Å². The summed E-state index contributed by atoms with van der Waals surface area (Å²) < 4.78 is 20.5. The smallest absolute Gasteiger partial charge is 0.270 e. The van der Waals surface area contributed by atoms with E-state index in [0.29, 0.717) is 25.5 Å². The van der Waals surface area contributed by atoms with E-state index >= 15 is 0 Å². The molecule has 29 heavy (non-hydrogen) atoms. The lowest BCUT2D eigenvalue weighted by Crippen LogP contribution is -2.43. The highest BCUT2D eigenvalue weighted by atomic mass is 32.1. The Hall–Kier alpha value is -2.62. The lowest BCUT2D eigenvalue weighted by Gasteiger charge is -2.34. The topological polar surface area (TPSA) is 72.3 Å². The van der Waals surface area contributed by atoms with E-state index in [4.69, 9.17) is 4.74 Å². The molecule has 1 aliphatic heterocycles. The third kappa shape index (κ3) is 4.69. The van der Waals surface area contributed by atoms with Crippen LogP contribution in [-0.4, -0.2) is 58.4 Å². The number of carbonyl (C=O) groups excluding carboxylic acids is 1. The normalized spacial score (nSPS) is 15.9. The van der Waals surface area contributed by atoms with Crippen LogP contribution >= 0.6 is 11.3 Å². The summed E-state index contributed by atoms with van der Waals surface area (Å²) >= 11 is 1.41. The number of rotatable bonds is 6. The summed E-state index contributed by atoms with van der Waals surface area (Å²) in [7, 11) is 1.84. The minimum Gasteiger partial charge on any atom is -0.379 e. The van der Waals surface area contributed by atoms with Crippen LogP contribution in [0.2, 0.25) is 0 Å². The first kappa shape index (κ1) is 19.7. The van der Waals surface area contributed by atoms with E-state index in [1.165, 1.54) is 23.5 Å². The fourth-order valence-electron chi connectivity index (χ4n) is 3.35. The maximum absolute atomic E-state index is 13.4. The molecule has 3 aromatic rings. The molecule has 9 heteroatoms. The van der Waals surface area contributed by atoms with E-state index in [1.807, 2.05) is 13.2 Å². The first-order valence-corrected chi connectivity index (χ1v) is 10.3. The van der Waals surface area contributed by atoms with Crippen LogP contribution in [0.25, 0.3) is 10.6 Å². The number of nitrogens with one attached hydrogen (secondary N) is 1. The van der Waals surface area contributed by atoms with E-state index in [1.54, 1.807) is 28.4 Å². The number of aryl methyl sites for hydroxylation is 1. The molecule has 0 radical (unpaired) electrons. The van der Waals surface area contributed by atoms with Crippen LogP contribution in [0.15, 0.2) is 42.0 Å². The van der Waals surface area contributed by atoms with Gasteiger partial charge in [-0.3, -0.25) is 14.4 Å². The maximum atomic E-state index is 13.4. The quantitative estimate of drug-likeness (QED) is 0.670. The van der Waals surface area contributed by atoms with E-state index in [2.05, 4.69) is 20.3 Å². The number of ether oxygens (including phenoxy) is 1. The lowest BCUT2D eigenvalue weighted by atomic mass is 10.0. The van der Waals surface area contributed by atoms with Gasteiger partial charge >= 0.3 is 0 Å². The Bertz CT molecular complexity index is 965. The number of hydrogen-bond donors (Lipinski definition) is 1. The molecule has 1 saturated heterocycles. The van der Waals surface area contributed by atoms with E-state index in [0.717, 1.165) is 29.2 Å². The Morgan fingerprint density at radius 3 is 2.76 bits per heavy atom. The number of aromatic nitrogens is 3. The molecule has 152 valence electrons. The number of carbonyl (C=O) groups is 1. The molecule has 0 spiro atoms. The average Bonchev–Trinajstić information content (AvgIpc) is 3.39. The lowest BCUT2D eigenvalue weighted by molar-refractivity contribution is 0.0162. The van der Waals surface area contributed by atoms with Crippen molar-refractivity contribution in [1.82, 2.24) is 25.0 Å². The van der Waals surface area contributed by atoms with E-state index < -0.39 is 0 Å². The number of benzene rings is 1. The number of morpholine rings is 1. The van der Waals surface area contributed by atoms with Gasteiger partial charge in [0, 0.05) is 43.8 Å². The number of nitrogens with zero attached hydrogens (tertiary/aromatic N) is 4. The fourth-order valence-corrected chi connectivity index (χ4v) is 4.13. The number of hydrogen-bond acceptors (Lipinski definition) is 6. The van der Waals surface area contributed by atoms with Crippen molar-refractivity contribution in [3.8, 4) is 10.6 Å². The summed E-state index contributed by atoms with van der Waals surface area (Å²) in [4.78, 5) is 19.4. The van der Waals surface area contributed by atoms with E-state index in [-0.39, 0.29) is 17.8 Å². The molecule has 0 saturated carbocycles. The molecule has 0 aliphatic carbocycles. The van der Waals surface area contributed by atoms with Crippen molar-refractivity contribution in [1.29, 1.82) is 0 Å². The van der Waals surface area contributed by atoms with Crippen LogP contribution in [0.1, 0.15) is 22.1 Å². The molecule has 1 aliphatic rings. The van der Waals surface area contributed by atoms with Crippen LogP contribution in [0.4, 0.5) is 4.39 Å². The molecule has 1 amide bonds. The monoisotopic (exact) mass is 415 g/mol. The Kier molecular flexibility index (Phi) is 5.98. The van der Waals surface area contributed by atoms with Gasteiger partial charge in [-0.2, -0.15) is 5.10 Å². The Labute approximate surface area is 172 Å². The van der Waals surface area contributed by atoms with Crippen molar-refractivity contribution in [3.05, 3.63) is 59.1 Å². The van der Waals surface area contributed by atoms with E-state index in [9.17, 15) is 9.18 Å². The average molecular weight is 415 g/mol. The predicted octanol–water partition coefficient (Wildman–Crippen LogP) is 2.49. The standard InChI is InChI=1S/C20H22FN5O2S/c1-25-12-15(10-23-25)20-24-17(13-29-20)19(27)22-11-18(26-6-8-28-9-7-26)14-2-4-16(21)5-3-14/h2-5,10,12-13,18H,6-9,11H2,1H3,(H,22,27). The van der Waals surface area contributed by atoms with Gasteiger partial charge in [0.2, 0.25) is 0 Å². The molecule has 1 aromatic carbocycles. The van der Waals surface area contributed by atoms with Gasteiger partial charge in [0.05, 0.1) is 25.5 Å². The van der Waals surface area contributed by atoms with Crippen LogP contribution in [0.5, 0.6) is 0 Å². The summed E-state index contributed by atoms with van der Waals surface area (Å²) in [6.45, 7) is 3.22. The number of amides is 1. The van der Waals surface area contributed by atoms with Gasteiger partial charge in [0.25, 0.3) is 5.91 Å². The van der Waals surface area contributed by atoms with Crippen molar-refractivity contribution < 1.29 is 13.9 Å². The minimum atomic E-state index is -0.274. The van der Waals surface area contributed by atoms with Crippen molar-refractivity contribution in [2.45, 2.75) is 6.04 Å². The van der Waals surface area contributed by atoms with Crippen LogP contribution in [0.3, 0.4) is 0 Å². The molecule has 0 bridgehead atoms. The number of thiazole rings is 1. The zero-order valence-electron chi connectivity index (χ0n) is 16.0. The summed E-state index contributed by atoms with van der Waals surface area (Å²) in [6.07, 6.45) is 3.59. The number of halogens is 1. The Balaban J connectivity index is 1.46. The van der Waals surface area contributed by atoms with Crippen molar-refractivity contribution >= 4 is 17.2 Å². The van der Waals surface area contributed by atoms with Gasteiger partial charge < -0.3 is 10.1 Å². The van der Waals surface area contributed by atoms with Crippen molar-refractivity contribution in [2.75, 3.05) is 32.8 Å². The summed E-state index contributed by atoms with van der Waals surface area (Å²) in [5, 5.41) is 9.63. The van der Waals surface area contributed by atoms with Crippen LogP contribution < -0.4 is 5.32 Å². The second-order valence-electron chi connectivity index (χ2n) is 6.87. The second kappa shape index (κ2) is 8.81. The molecule has 1 fully saturated rings. The van der Waals surface area contributed by atoms with Gasteiger partial charge in [0.15, 0.2) is 0 Å². The third-order valence-electron chi connectivity index (χ3n) is 4.89. The van der Waals surface area contributed by atoms with Gasteiger partial charge in [0.1, 0.15) is 16.5 Å². The molecule has 3 heterocycles. The molecule has 1 unspecified atom stereocenters. The largest absolute Gasteiger partial charge is 0.379 e. The summed E-state index contributed by atoms with van der Waals surface area (Å²) in [5.41, 5.74) is 2.23. The Morgan fingerprint density at radius 1 is 1.31 bits per heavy atom. The van der Waals surface area contributed by atoms with Crippen LogP contribution in [-0.2, 0) is 11.8 Å². The minimum absolute atomic E-state index is 0.0557. The first-order valence-electron chi connectivity index (χ1n) is 9.40. The molecule has 4 rings (SSSR count). The highest BCUT2D eigenvalue weighted by molar-refractivity contribution is 7.13. The molecule has 1 N–H and O–H groups in total. The van der Waals surface area contributed by atoms with Crippen molar-refractivity contribution in [2.24, 2.45) is 7.05 Å². The third-order valence-corrected chi connectivity index (χ3v) is 5.78. The maximum Gasteiger partial charge on any atom is 0.270 e. The zero-order valence-corrected chi connectivity index (χ0v) is 16.9. The molecular formula is C20H22FN5O2S. The molecule has 7 nitrogen and oxygen atoms in total. The molecular weight excluding hydrogens is 393 g/mol. The molecule has 2 aromatic heterocycles. The second-order valence-corrected chi connectivity index (χ2v) is 7.72. The Morgan fingerprint density at radius 2 is 2.07 bits per heavy atom. The molecule has 1 atom stereocenters. The summed E-state index contributed by atoms with van der Waals surface area (Å²) in [5.74, 6) is -0.499. The highest BCUT2D eigenvalue weighted by Gasteiger charge is 2.24. The SMILES string of the molecule is Cn1cc(-c2nc(C(=O)NCC(c3ccc(F)cc3)N3CCOCC3)cs2)cn1. The van der Waals surface area contributed by atoms with Gasteiger partial charge in [-0.25, -0.2) is 9.37 Å². The van der Waals surface area contributed by atoms with Crippen molar-refractivity contribution in [3.63, 3.8) is 0 Å². The van der Waals surface area contributed by atoms with Gasteiger partial charge in [-0.05, 0) is 17.7 Å².